The summed E-state index contributed by atoms with van der Waals surface area (Å²) in [5.41, 5.74) is 2.15. The van der Waals surface area contributed by atoms with Crippen molar-refractivity contribution < 1.29 is 23.7 Å². The van der Waals surface area contributed by atoms with Crippen molar-refractivity contribution in [2.24, 2.45) is 0 Å². The Hall–Kier alpha value is -3.15. The number of hydrogen-bond donors (Lipinski definition) is 2. The van der Waals surface area contributed by atoms with E-state index in [1.807, 2.05) is 26.0 Å². The first kappa shape index (κ1) is 26.9. The van der Waals surface area contributed by atoms with Gasteiger partial charge in [0.25, 0.3) is 0 Å². The third kappa shape index (κ3) is 6.79. The predicted molar refractivity (Wildman–Crippen MR) is 145 cm³/mol. The van der Waals surface area contributed by atoms with Crippen LogP contribution in [0.25, 0.3) is 11.4 Å². The molecule has 2 N–H and O–H groups in total. The Morgan fingerprint density at radius 3 is 2.62 bits per heavy atom. The highest BCUT2D eigenvalue weighted by atomic mass is 35.5. The van der Waals surface area contributed by atoms with Gasteiger partial charge in [-0.15, -0.1) is 5.10 Å². The number of anilines is 2. The largest absolute Gasteiger partial charge is 0.496 e. The van der Waals surface area contributed by atoms with E-state index in [1.165, 1.54) is 11.8 Å². The third-order valence-corrected chi connectivity index (χ3v) is 6.58. The molecule has 0 aliphatic carbocycles. The van der Waals surface area contributed by atoms with Crippen molar-refractivity contribution in [3.63, 3.8) is 0 Å². The van der Waals surface area contributed by atoms with Crippen molar-refractivity contribution >= 4 is 40.6 Å². The number of morpholine rings is 1. The molecule has 3 aromatic rings. The summed E-state index contributed by atoms with van der Waals surface area (Å²) in [4.78, 5) is 19.5. The Kier molecular flexibility index (Phi) is 9.37. The van der Waals surface area contributed by atoms with Crippen LogP contribution in [-0.2, 0) is 9.53 Å². The topological polar surface area (TPSA) is 111 Å². The van der Waals surface area contributed by atoms with E-state index in [9.17, 15) is 4.79 Å². The summed E-state index contributed by atoms with van der Waals surface area (Å²) in [5.74, 6) is 2.26. The first-order chi connectivity index (χ1) is 18.0. The number of benzene rings is 2. The molecule has 0 radical (unpaired) electrons. The van der Waals surface area contributed by atoms with Crippen molar-refractivity contribution in [1.82, 2.24) is 15.2 Å². The number of carbonyl (C=O) groups excluding carboxylic acids is 1. The first-order valence-electron chi connectivity index (χ1n) is 12.0. The Balaban J connectivity index is 1.46. The maximum atomic E-state index is 12.9. The molecule has 2 aromatic carbocycles. The van der Waals surface area contributed by atoms with Gasteiger partial charge in [-0.05, 0) is 32.0 Å². The lowest BCUT2D eigenvalue weighted by Gasteiger charge is -2.31. The van der Waals surface area contributed by atoms with Crippen LogP contribution in [0.5, 0.6) is 17.2 Å². The quantitative estimate of drug-likeness (QED) is 0.335. The number of methoxy groups -OCH3 is 1. The number of nitrogens with zero attached hydrogens (tertiary/aromatic N) is 3. The number of rotatable bonds is 11. The number of carbonyl (C=O) groups is 1. The van der Waals surface area contributed by atoms with Crippen LogP contribution in [0.4, 0.5) is 11.4 Å². The summed E-state index contributed by atoms with van der Waals surface area (Å²) in [6.45, 7) is 7.61. The van der Waals surface area contributed by atoms with Crippen LogP contribution in [0.15, 0.2) is 35.5 Å². The van der Waals surface area contributed by atoms with Crippen LogP contribution in [-0.4, -0.2) is 73.5 Å². The van der Waals surface area contributed by atoms with E-state index >= 15 is 0 Å². The number of halogens is 1. The van der Waals surface area contributed by atoms with Gasteiger partial charge in [0, 0.05) is 30.2 Å². The second-order valence-corrected chi connectivity index (χ2v) is 9.31. The summed E-state index contributed by atoms with van der Waals surface area (Å²) in [7, 11) is 1.57. The molecule has 10 nitrogen and oxygen atoms in total. The Morgan fingerprint density at radius 1 is 1.14 bits per heavy atom. The van der Waals surface area contributed by atoms with Crippen LogP contribution in [0.3, 0.4) is 0 Å². The van der Waals surface area contributed by atoms with Crippen LogP contribution < -0.4 is 24.4 Å². The summed E-state index contributed by atoms with van der Waals surface area (Å²) in [5, 5.41) is 11.0. The molecule has 12 heteroatoms. The number of nitrogens with one attached hydrogen (secondary N) is 2. The number of amides is 1. The fraction of sp³-hybridized carbons (Fsp3) is 0.400. The summed E-state index contributed by atoms with van der Waals surface area (Å²) in [6, 6.07) is 8.98. The molecule has 1 saturated heterocycles. The van der Waals surface area contributed by atoms with Gasteiger partial charge in [-0.1, -0.05) is 23.4 Å². The van der Waals surface area contributed by atoms with Gasteiger partial charge in [-0.2, -0.15) is 0 Å². The molecule has 1 amide bonds. The third-order valence-electron chi connectivity index (χ3n) is 5.50. The molecule has 1 aliphatic rings. The van der Waals surface area contributed by atoms with E-state index in [4.69, 9.17) is 30.5 Å². The van der Waals surface area contributed by atoms with Crippen molar-refractivity contribution in [1.29, 1.82) is 0 Å². The van der Waals surface area contributed by atoms with E-state index in [-0.39, 0.29) is 11.7 Å². The van der Waals surface area contributed by atoms with Gasteiger partial charge >= 0.3 is 0 Å². The van der Waals surface area contributed by atoms with Gasteiger partial charge in [0.2, 0.25) is 11.1 Å². The summed E-state index contributed by atoms with van der Waals surface area (Å²) >= 11 is 7.33. The standard InChI is InChI=1S/C25H30ClN5O5S/c1-4-35-21-14-19(31-8-10-34-11-9-31)22(36-5-2)13-18(21)27-23(32)15-37-25-28-24(29-30-25)17-12-16(26)6-7-20(17)33-3/h6-7,12-14H,4-5,8-11,15H2,1-3H3,(H,27,32)(H,28,29,30). The Bertz CT molecular complexity index is 1220. The molecule has 37 heavy (non-hydrogen) atoms. The smallest absolute Gasteiger partial charge is 0.234 e. The molecule has 0 bridgehead atoms. The minimum Gasteiger partial charge on any atom is -0.496 e. The lowest BCUT2D eigenvalue weighted by Crippen LogP contribution is -2.36. The second kappa shape index (κ2) is 12.9. The van der Waals surface area contributed by atoms with Crippen LogP contribution >= 0.6 is 23.4 Å². The highest BCUT2D eigenvalue weighted by Crippen LogP contribution is 2.39. The van der Waals surface area contributed by atoms with E-state index in [2.05, 4.69) is 25.4 Å². The highest BCUT2D eigenvalue weighted by Gasteiger charge is 2.21. The van der Waals surface area contributed by atoms with E-state index in [1.54, 1.807) is 25.3 Å². The second-order valence-electron chi connectivity index (χ2n) is 7.93. The molecular formula is C25H30ClN5O5S. The minimum absolute atomic E-state index is 0.102. The summed E-state index contributed by atoms with van der Waals surface area (Å²) < 4.78 is 22.6. The number of H-pyrrole nitrogens is 1. The van der Waals surface area contributed by atoms with Crippen molar-refractivity contribution in [3.05, 3.63) is 35.4 Å². The Labute approximate surface area is 225 Å². The number of aromatic nitrogens is 3. The molecule has 0 saturated carbocycles. The molecule has 0 spiro atoms. The van der Waals surface area contributed by atoms with Gasteiger partial charge in [0.05, 0.1) is 56.2 Å². The monoisotopic (exact) mass is 547 g/mol. The fourth-order valence-corrected chi connectivity index (χ4v) is 4.63. The van der Waals surface area contributed by atoms with E-state index < -0.39 is 0 Å². The van der Waals surface area contributed by atoms with Gasteiger partial charge in [-0.25, -0.2) is 4.98 Å². The predicted octanol–water partition coefficient (Wildman–Crippen LogP) is 4.50. The van der Waals surface area contributed by atoms with E-state index in [0.29, 0.717) is 70.9 Å². The zero-order valence-electron chi connectivity index (χ0n) is 21.0. The number of thioether (sulfide) groups is 1. The van der Waals surface area contributed by atoms with Gasteiger partial charge in [0.15, 0.2) is 5.82 Å². The highest BCUT2D eigenvalue weighted by molar-refractivity contribution is 7.99. The number of hydrogen-bond acceptors (Lipinski definition) is 9. The number of aromatic amines is 1. The van der Waals surface area contributed by atoms with E-state index in [0.717, 1.165) is 18.8 Å². The van der Waals surface area contributed by atoms with Crippen LogP contribution in [0.2, 0.25) is 5.02 Å². The van der Waals surface area contributed by atoms with Crippen LogP contribution in [0.1, 0.15) is 13.8 Å². The first-order valence-corrected chi connectivity index (χ1v) is 13.3. The molecule has 1 aromatic heterocycles. The fourth-order valence-electron chi connectivity index (χ4n) is 3.86. The molecule has 1 aliphatic heterocycles. The lowest BCUT2D eigenvalue weighted by molar-refractivity contribution is -0.113. The van der Waals surface area contributed by atoms with Crippen LogP contribution in [0, 0.1) is 0 Å². The van der Waals surface area contributed by atoms with Gasteiger partial charge in [0.1, 0.15) is 17.2 Å². The zero-order valence-corrected chi connectivity index (χ0v) is 22.6. The maximum absolute atomic E-state index is 12.9. The molecule has 0 unspecified atom stereocenters. The molecule has 2 heterocycles. The normalized spacial score (nSPS) is 13.4. The molecule has 0 atom stereocenters. The minimum atomic E-state index is -0.223. The molecule has 198 valence electrons. The number of ether oxygens (including phenoxy) is 4. The zero-order chi connectivity index (χ0) is 26.2. The SMILES string of the molecule is CCOc1cc(N2CCOCC2)c(OCC)cc1NC(=O)CSc1n[nH]c(-c2cc(Cl)ccc2OC)n1. The lowest BCUT2D eigenvalue weighted by atomic mass is 10.2. The van der Waals surface area contributed by atoms with Gasteiger partial charge in [-0.3, -0.25) is 9.89 Å². The average molecular weight is 548 g/mol. The summed E-state index contributed by atoms with van der Waals surface area (Å²) in [6.07, 6.45) is 0. The van der Waals surface area contributed by atoms with Crippen molar-refractivity contribution in [2.75, 3.05) is 62.6 Å². The Morgan fingerprint density at radius 2 is 1.89 bits per heavy atom. The average Bonchev–Trinajstić information content (AvgIpc) is 3.38. The molecule has 4 rings (SSSR count). The molecule has 1 fully saturated rings. The van der Waals surface area contributed by atoms with Crippen molar-refractivity contribution in [3.8, 4) is 28.6 Å². The van der Waals surface area contributed by atoms with Crippen molar-refractivity contribution in [2.45, 2.75) is 19.0 Å². The maximum Gasteiger partial charge on any atom is 0.234 e. The molecular weight excluding hydrogens is 518 g/mol. The van der Waals surface area contributed by atoms with Gasteiger partial charge < -0.3 is 29.2 Å².